The van der Waals surface area contributed by atoms with Crippen molar-refractivity contribution in [2.45, 2.75) is 6.92 Å². The van der Waals surface area contributed by atoms with E-state index < -0.39 is 0 Å². The molecule has 0 heterocycles. The van der Waals surface area contributed by atoms with Crippen molar-refractivity contribution < 1.29 is 4.43 Å². The fourth-order valence-corrected chi connectivity index (χ4v) is 1.84. The highest BCUT2D eigenvalue weighted by Crippen LogP contribution is 1.95. The van der Waals surface area contributed by atoms with Crippen LogP contribution in [0.3, 0.4) is 0 Å². The van der Waals surface area contributed by atoms with Gasteiger partial charge in [0.2, 0.25) is 0 Å². The molecule has 0 fully saturated rings. The average Bonchev–Trinajstić information content (AvgIpc) is 1.61. The molecule has 0 rings (SSSR count). The SMILES string of the molecule is CCO[SiH2]PC. The molecule has 1 unspecified atom stereocenters. The van der Waals surface area contributed by atoms with E-state index in [2.05, 4.69) is 6.66 Å². The van der Waals surface area contributed by atoms with E-state index in [4.69, 9.17) is 4.43 Å². The van der Waals surface area contributed by atoms with E-state index in [9.17, 15) is 0 Å². The van der Waals surface area contributed by atoms with Gasteiger partial charge in [0.1, 0.15) is 0 Å². The van der Waals surface area contributed by atoms with Crippen LogP contribution in [0.2, 0.25) is 0 Å². The van der Waals surface area contributed by atoms with Gasteiger partial charge in [0.15, 0.2) is 9.43 Å². The lowest BCUT2D eigenvalue weighted by Gasteiger charge is -1.91. The molecule has 0 saturated carbocycles. The van der Waals surface area contributed by atoms with Gasteiger partial charge in [-0.1, -0.05) is 0 Å². The third-order valence-corrected chi connectivity index (χ3v) is 2.83. The van der Waals surface area contributed by atoms with Gasteiger partial charge in [0, 0.05) is 6.61 Å². The number of hydrogen-bond acceptors (Lipinski definition) is 1. The Hall–Kier alpha value is 0.607. The topological polar surface area (TPSA) is 9.23 Å². The molecular weight excluding hydrogens is 111 g/mol. The van der Waals surface area contributed by atoms with Gasteiger partial charge in [-0.3, -0.25) is 0 Å². The number of hydrogen-bond donors (Lipinski definition) is 0. The van der Waals surface area contributed by atoms with Crippen LogP contribution in [0.25, 0.3) is 0 Å². The van der Waals surface area contributed by atoms with Crippen molar-refractivity contribution >= 4 is 17.6 Å². The minimum absolute atomic E-state index is 0.0505. The Kier molecular flexibility index (Phi) is 6.17. The van der Waals surface area contributed by atoms with Crippen LogP contribution < -0.4 is 0 Å². The van der Waals surface area contributed by atoms with Crippen LogP contribution in [0, 0.1) is 0 Å². The molecule has 1 atom stereocenters. The van der Waals surface area contributed by atoms with Crippen molar-refractivity contribution in [3.05, 3.63) is 0 Å². The molecule has 0 aromatic heterocycles. The summed E-state index contributed by atoms with van der Waals surface area (Å²) < 4.78 is 5.13. The van der Waals surface area contributed by atoms with Crippen molar-refractivity contribution in [2.75, 3.05) is 13.3 Å². The van der Waals surface area contributed by atoms with Crippen LogP contribution in [-0.4, -0.2) is 22.7 Å². The van der Waals surface area contributed by atoms with E-state index in [1.807, 2.05) is 6.92 Å². The van der Waals surface area contributed by atoms with E-state index in [1.54, 1.807) is 0 Å². The second-order valence-corrected chi connectivity index (χ2v) is 5.38. The molecule has 0 aromatic carbocycles. The Morgan fingerprint density at radius 3 is 2.67 bits per heavy atom. The summed E-state index contributed by atoms with van der Waals surface area (Å²) in [4.78, 5) is 0. The van der Waals surface area contributed by atoms with Gasteiger partial charge in [0.25, 0.3) is 0 Å². The van der Waals surface area contributed by atoms with E-state index in [1.165, 1.54) is 0 Å². The summed E-state index contributed by atoms with van der Waals surface area (Å²) in [5.74, 6) is 0. The molecule has 0 amide bonds. The third kappa shape index (κ3) is 4.61. The first-order valence-electron chi connectivity index (χ1n) is 2.14. The molecule has 38 valence electrons. The molecule has 0 bridgehead atoms. The summed E-state index contributed by atoms with van der Waals surface area (Å²) in [6.45, 7) is 5.17. The molecule has 0 radical (unpaired) electrons. The molecule has 3 heteroatoms. The van der Waals surface area contributed by atoms with Crippen LogP contribution in [0.15, 0.2) is 0 Å². The van der Waals surface area contributed by atoms with Gasteiger partial charge >= 0.3 is 0 Å². The maximum atomic E-state index is 5.13. The van der Waals surface area contributed by atoms with E-state index in [0.29, 0.717) is 0 Å². The first-order valence-corrected chi connectivity index (χ1v) is 6.54. The predicted octanol–water partition coefficient (Wildman–Crippen LogP) is 0.330. The Morgan fingerprint density at radius 1 is 1.83 bits per heavy atom. The van der Waals surface area contributed by atoms with Crippen LogP contribution in [0.5, 0.6) is 0 Å². The monoisotopic (exact) mass is 122 g/mol. The fraction of sp³-hybridized carbons (Fsp3) is 1.00. The summed E-state index contributed by atoms with van der Waals surface area (Å²) in [5.41, 5.74) is 0. The maximum Gasteiger partial charge on any atom is 0.183 e. The van der Waals surface area contributed by atoms with Gasteiger partial charge < -0.3 is 4.43 Å². The van der Waals surface area contributed by atoms with Crippen molar-refractivity contribution in [2.24, 2.45) is 0 Å². The Balaban J connectivity index is 2.34. The smallest absolute Gasteiger partial charge is 0.183 e. The largest absolute Gasteiger partial charge is 0.419 e. The zero-order valence-corrected chi connectivity index (χ0v) is 6.74. The minimum atomic E-state index is -0.0505. The molecule has 0 aliphatic rings. The summed E-state index contributed by atoms with van der Waals surface area (Å²) in [7, 11) is 1.03. The Morgan fingerprint density at radius 2 is 2.50 bits per heavy atom. The van der Waals surface area contributed by atoms with Crippen LogP contribution in [0.1, 0.15) is 6.92 Å². The third-order valence-electron chi connectivity index (χ3n) is 0.451. The highest BCUT2D eigenvalue weighted by atomic mass is 31.3. The second-order valence-electron chi connectivity index (χ2n) is 0.991. The Labute approximate surface area is 43.0 Å². The maximum absolute atomic E-state index is 5.13. The van der Waals surface area contributed by atoms with Crippen LogP contribution >= 0.6 is 8.13 Å². The summed E-state index contributed by atoms with van der Waals surface area (Å²) in [6, 6.07) is 0. The van der Waals surface area contributed by atoms with Crippen molar-refractivity contribution in [1.29, 1.82) is 0 Å². The second kappa shape index (κ2) is 5.61. The zero-order chi connectivity index (χ0) is 4.83. The average molecular weight is 122 g/mol. The fourth-order valence-electron chi connectivity index (χ4n) is 0.204. The molecule has 6 heavy (non-hydrogen) atoms. The standard InChI is InChI=1S/C3H11OPSi/c1-3-4-6-5-2/h5H,3,6H2,1-2H3. The lowest BCUT2D eigenvalue weighted by Crippen LogP contribution is -1.88. The molecule has 0 aliphatic heterocycles. The van der Waals surface area contributed by atoms with Crippen LogP contribution in [-0.2, 0) is 4.43 Å². The first kappa shape index (κ1) is 6.61. The zero-order valence-electron chi connectivity index (χ0n) is 4.32. The minimum Gasteiger partial charge on any atom is -0.419 e. The Bertz CT molecular complexity index is 22.8. The summed E-state index contributed by atoms with van der Waals surface area (Å²) in [5, 5.41) is 0. The molecular formula is C3H11OPSi. The highest BCUT2D eigenvalue weighted by molar-refractivity contribution is 7.69. The van der Waals surface area contributed by atoms with Crippen molar-refractivity contribution in [3.63, 3.8) is 0 Å². The molecule has 0 saturated heterocycles. The summed E-state index contributed by atoms with van der Waals surface area (Å²) in [6.07, 6.45) is 0. The molecule has 0 spiro atoms. The van der Waals surface area contributed by atoms with E-state index >= 15 is 0 Å². The van der Waals surface area contributed by atoms with Crippen molar-refractivity contribution in [1.82, 2.24) is 0 Å². The van der Waals surface area contributed by atoms with Gasteiger partial charge in [-0.25, -0.2) is 0 Å². The molecule has 0 N–H and O–H groups in total. The van der Waals surface area contributed by atoms with Gasteiger partial charge in [-0.15, -0.1) is 8.13 Å². The predicted molar refractivity (Wildman–Crippen MR) is 34.4 cm³/mol. The van der Waals surface area contributed by atoms with Crippen LogP contribution in [0.4, 0.5) is 0 Å². The van der Waals surface area contributed by atoms with E-state index in [-0.39, 0.29) is 9.43 Å². The number of rotatable bonds is 3. The normalized spacial score (nSPS) is 13.0. The van der Waals surface area contributed by atoms with Gasteiger partial charge in [0.05, 0.1) is 0 Å². The van der Waals surface area contributed by atoms with Gasteiger partial charge in [-0.2, -0.15) is 0 Å². The quantitative estimate of drug-likeness (QED) is 0.298. The molecule has 0 aromatic rings. The lowest BCUT2D eigenvalue weighted by atomic mass is 10.9. The van der Waals surface area contributed by atoms with Crippen molar-refractivity contribution in [3.8, 4) is 0 Å². The molecule has 1 nitrogen and oxygen atoms in total. The highest BCUT2D eigenvalue weighted by Gasteiger charge is 1.74. The lowest BCUT2D eigenvalue weighted by molar-refractivity contribution is 0.371. The first-order chi connectivity index (χ1) is 2.91. The summed E-state index contributed by atoms with van der Waals surface area (Å²) >= 11 is 0. The van der Waals surface area contributed by atoms with E-state index in [0.717, 1.165) is 14.7 Å². The van der Waals surface area contributed by atoms with Gasteiger partial charge in [-0.05, 0) is 13.6 Å². The molecule has 0 aliphatic carbocycles.